The van der Waals surface area contributed by atoms with E-state index in [0.717, 1.165) is 16.7 Å². The third-order valence-corrected chi connectivity index (χ3v) is 2.80. The highest BCUT2D eigenvalue weighted by molar-refractivity contribution is 5.32. The zero-order chi connectivity index (χ0) is 12.1. The van der Waals surface area contributed by atoms with Gasteiger partial charge in [-0.15, -0.1) is 0 Å². The van der Waals surface area contributed by atoms with Gasteiger partial charge in [0.15, 0.2) is 0 Å². The molecule has 0 aromatic heterocycles. The van der Waals surface area contributed by atoms with E-state index >= 15 is 0 Å². The van der Waals surface area contributed by atoms with Crippen molar-refractivity contribution in [3.8, 4) is 0 Å². The SMILES string of the molecule is CNCCC(O)C(O)c1ccc(C)cc1C. The minimum Gasteiger partial charge on any atom is -0.390 e. The highest BCUT2D eigenvalue weighted by atomic mass is 16.3. The molecule has 0 spiro atoms. The first-order chi connectivity index (χ1) is 7.56. The van der Waals surface area contributed by atoms with Gasteiger partial charge in [0.25, 0.3) is 0 Å². The summed E-state index contributed by atoms with van der Waals surface area (Å²) in [6, 6.07) is 5.86. The predicted molar refractivity (Wildman–Crippen MR) is 65.4 cm³/mol. The fraction of sp³-hybridized carbons (Fsp3) is 0.538. The van der Waals surface area contributed by atoms with E-state index in [1.54, 1.807) is 0 Å². The zero-order valence-corrected chi connectivity index (χ0v) is 10.2. The van der Waals surface area contributed by atoms with E-state index in [1.165, 1.54) is 0 Å². The smallest absolute Gasteiger partial charge is 0.105 e. The molecule has 0 saturated carbocycles. The molecule has 0 aliphatic heterocycles. The predicted octanol–water partition coefficient (Wildman–Crippen LogP) is 1.31. The van der Waals surface area contributed by atoms with Crippen molar-refractivity contribution in [1.29, 1.82) is 0 Å². The quantitative estimate of drug-likeness (QED) is 0.705. The molecule has 0 saturated heterocycles. The summed E-state index contributed by atoms with van der Waals surface area (Å²) in [5.74, 6) is 0. The topological polar surface area (TPSA) is 52.5 Å². The number of aliphatic hydroxyl groups is 2. The van der Waals surface area contributed by atoms with Crippen molar-refractivity contribution in [3.05, 3.63) is 34.9 Å². The standard InChI is InChI=1S/C13H21NO2/c1-9-4-5-11(10(2)8-9)13(16)12(15)6-7-14-3/h4-5,8,12-16H,6-7H2,1-3H3. The van der Waals surface area contributed by atoms with E-state index in [4.69, 9.17) is 0 Å². The number of aliphatic hydroxyl groups excluding tert-OH is 2. The van der Waals surface area contributed by atoms with Gasteiger partial charge in [-0.2, -0.15) is 0 Å². The third kappa shape index (κ3) is 3.30. The van der Waals surface area contributed by atoms with Crippen molar-refractivity contribution in [2.45, 2.75) is 32.5 Å². The van der Waals surface area contributed by atoms with Gasteiger partial charge in [0.1, 0.15) is 6.10 Å². The van der Waals surface area contributed by atoms with Crippen molar-refractivity contribution in [1.82, 2.24) is 5.32 Å². The Kier molecular flexibility index (Phi) is 4.93. The molecule has 3 N–H and O–H groups in total. The molecule has 0 heterocycles. The van der Waals surface area contributed by atoms with Crippen LogP contribution in [0.3, 0.4) is 0 Å². The maximum absolute atomic E-state index is 10.0. The van der Waals surface area contributed by atoms with Crippen molar-refractivity contribution >= 4 is 0 Å². The molecule has 0 bridgehead atoms. The maximum Gasteiger partial charge on any atom is 0.105 e. The van der Waals surface area contributed by atoms with Crippen LogP contribution in [0.25, 0.3) is 0 Å². The highest BCUT2D eigenvalue weighted by Crippen LogP contribution is 2.22. The van der Waals surface area contributed by atoms with Gasteiger partial charge in [-0.05, 0) is 45.0 Å². The van der Waals surface area contributed by atoms with Crippen LogP contribution in [0.15, 0.2) is 18.2 Å². The maximum atomic E-state index is 10.0. The minimum absolute atomic E-state index is 0.547. The summed E-state index contributed by atoms with van der Waals surface area (Å²) in [5, 5.41) is 22.8. The molecule has 2 unspecified atom stereocenters. The largest absolute Gasteiger partial charge is 0.390 e. The molecule has 0 fully saturated rings. The van der Waals surface area contributed by atoms with Gasteiger partial charge in [-0.25, -0.2) is 0 Å². The number of aryl methyl sites for hydroxylation is 2. The van der Waals surface area contributed by atoms with Crippen LogP contribution in [0.4, 0.5) is 0 Å². The number of benzene rings is 1. The molecule has 90 valence electrons. The fourth-order valence-corrected chi connectivity index (χ4v) is 1.81. The molecule has 3 nitrogen and oxygen atoms in total. The fourth-order valence-electron chi connectivity index (χ4n) is 1.81. The van der Waals surface area contributed by atoms with Crippen LogP contribution in [-0.2, 0) is 0 Å². The van der Waals surface area contributed by atoms with Crippen LogP contribution < -0.4 is 5.32 Å². The molecule has 1 aromatic rings. The summed E-state index contributed by atoms with van der Waals surface area (Å²) < 4.78 is 0. The molecule has 1 rings (SSSR count). The lowest BCUT2D eigenvalue weighted by Crippen LogP contribution is -2.23. The number of rotatable bonds is 5. The number of nitrogens with one attached hydrogen (secondary N) is 1. The molecule has 0 aliphatic rings. The lowest BCUT2D eigenvalue weighted by atomic mass is 9.96. The zero-order valence-electron chi connectivity index (χ0n) is 10.2. The van der Waals surface area contributed by atoms with Gasteiger partial charge in [-0.1, -0.05) is 23.8 Å². The molecular formula is C13H21NO2. The normalized spacial score (nSPS) is 14.8. The van der Waals surface area contributed by atoms with Crippen LogP contribution in [0, 0.1) is 13.8 Å². The second-order valence-electron chi connectivity index (χ2n) is 4.26. The summed E-state index contributed by atoms with van der Waals surface area (Å²) in [4.78, 5) is 0. The van der Waals surface area contributed by atoms with Gasteiger partial charge >= 0.3 is 0 Å². The van der Waals surface area contributed by atoms with E-state index < -0.39 is 12.2 Å². The van der Waals surface area contributed by atoms with Crippen LogP contribution in [-0.4, -0.2) is 29.9 Å². The number of hydrogen-bond donors (Lipinski definition) is 3. The van der Waals surface area contributed by atoms with Crippen molar-refractivity contribution in [2.75, 3.05) is 13.6 Å². The molecule has 3 heteroatoms. The lowest BCUT2D eigenvalue weighted by molar-refractivity contribution is 0.0137. The van der Waals surface area contributed by atoms with Crippen LogP contribution in [0.5, 0.6) is 0 Å². The molecule has 0 amide bonds. The second kappa shape index (κ2) is 5.99. The van der Waals surface area contributed by atoms with Gasteiger partial charge < -0.3 is 15.5 Å². The summed E-state index contributed by atoms with van der Waals surface area (Å²) in [7, 11) is 1.83. The molecular weight excluding hydrogens is 202 g/mol. The van der Waals surface area contributed by atoms with E-state index in [2.05, 4.69) is 5.32 Å². The highest BCUT2D eigenvalue weighted by Gasteiger charge is 2.19. The Morgan fingerprint density at radius 2 is 1.94 bits per heavy atom. The molecule has 16 heavy (non-hydrogen) atoms. The monoisotopic (exact) mass is 223 g/mol. The Labute approximate surface area is 97.1 Å². The second-order valence-corrected chi connectivity index (χ2v) is 4.26. The average molecular weight is 223 g/mol. The molecule has 2 atom stereocenters. The molecule has 0 radical (unpaired) electrons. The summed E-state index contributed by atoms with van der Waals surface area (Å²) in [5.41, 5.74) is 3.00. The van der Waals surface area contributed by atoms with Gasteiger partial charge in [0, 0.05) is 0 Å². The first-order valence-corrected chi connectivity index (χ1v) is 5.64. The Morgan fingerprint density at radius 3 is 2.50 bits per heavy atom. The first-order valence-electron chi connectivity index (χ1n) is 5.64. The Morgan fingerprint density at radius 1 is 1.25 bits per heavy atom. The van der Waals surface area contributed by atoms with E-state index in [9.17, 15) is 10.2 Å². The summed E-state index contributed by atoms with van der Waals surface area (Å²) >= 11 is 0. The van der Waals surface area contributed by atoms with E-state index in [0.29, 0.717) is 13.0 Å². The average Bonchev–Trinajstić information content (AvgIpc) is 2.25. The van der Waals surface area contributed by atoms with Gasteiger partial charge in [-0.3, -0.25) is 0 Å². The van der Waals surface area contributed by atoms with Crippen LogP contribution in [0.2, 0.25) is 0 Å². The Hall–Kier alpha value is -0.900. The Balaban J connectivity index is 2.75. The van der Waals surface area contributed by atoms with Crippen LogP contribution in [0.1, 0.15) is 29.2 Å². The first kappa shape index (κ1) is 13.2. The minimum atomic E-state index is -0.797. The van der Waals surface area contributed by atoms with Crippen LogP contribution >= 0.6 is 0 Å². The lowest BCUT2D eigenvalue weighted by Gasteiger charge is -2.20. The third-order valence-electron chi connectivity index (χ3n) is 2.80. The van der Waals surface area contributed by atoms with E-state index in [-0.39, 0.29) is 0 Å². The summed E-state index contributed by atoms with van der Waals surface area (Å²) in [6.07, 6.45) is -0.965. The summed E-state index contributed by atoms with van der Waals surface area (Å²) in [6.45, 7) is 4.67. The molecule has 1 aromatic carbocycles. The van der Waals surface area contributed by atoms with Crippen molar-refractivity contribution in [2.24, 2.45) is 0 Å². The molecule has 0 aliphatic carbocycles. The van der Waals surface area contributed by atoms with Crippen molar-refractivity contribution < 1.29 is 10.2 Å². The van der Waals surface area contributed by atoms with Gasteiger partial charge in [0.05, 0.1) is 6.10 Å². The van der Waals surface area contributed by atoms with Gasteiger partial charge in [0.2, 0.25) is 0 Å². The number of hydrogen-bond acceptors (Lipinski definition) is 3. The van der Waals surface area contributed by atoms with E-state index in [1.807, 2.05) is 39.1 Å². The van der Waals surface area contributed by atoms with Crippen molar-refractivity contribution in [3.63, 3.8) is 0 Å². The Bertz CT molecular complexity index is 339.